The largest absolute Gasteiger partial charge is 0.380 e. The van der Waals surface area contributed by atoms with E-state index in [1.165, 1.54) is 17.2 Å². The van der Waals surface area contributed by atoms with Crippen molar-refractivity contribution in [2.24, 2.45) is 5.41 Å². The van der Waals surface area contributed by atoms with E-state index < -0.39 is 0 Å². The van der Waals surface area contributed by atoms with E-state index in [4.69, 9.17) is 4.74 Å². The monoisotopic (exact) mass is 273 g/mol. The number of aromatic nitrogens is 4. The molecule has 7 nitrogen and oxygen atoms in total. The van der Waals surface area contributed by atoms with E-state index >= 15 is 0 Å². The minimum absolute atomic E-state index is 0.0593. The van der Waals surface area contributed by atoms with Crippen LogP contribution in [-0.2, 0) is 4.74 Å². The first kappa shape index (κ1) is 12.7. The van der Waals surface area contributed by atoms with Crippen LogP contribution in [0.4, 0.5) is 0 Å². The summed E-state index contributed by atoms with van der Waals surface area (Å²) in [6, 6.07) is 3.46. The zero-order valence-corrected chi connectivity index (χ0v) is 11.1. The van der Waals surface area contributed by atoms with Crippen LogP contribution in [0.3, 0.4) is 0 Å². The molecule has 3 heterocycles. The molecule has 1 saturated heterocycles. The van der Waals surface area contributed by atoms with Crippen molar-refractivity contribution in [2.45, 2.75) is 6.92 Å². The van der Waals surface area contributed by atoms with Gasteiger partial charge in [-0.3, -0.25) is 4.79 Å². The molecule has 1 aliphatic rings. The second kappa shape index (κ2) is 5.01. The molecule has 0 spiro atoms. The van der Waals surface area contributed by atoms with Crippen LogP contribution in [0.5, 0.6) is 0 Å². The Kier molecular flexibility index (Phi) is 3.19. The van der Waals surface area contributed by atoms with Crippen LogP contribution in [0.15, 0.2) is 31.0 Å². The number of carbonyl (C=O) groups excluding carboxylic acids is 1. The summed E-state index contributed by atoms with van der Waals surface area (Å²) in [7, 11) is 0. The van der Waals surface area contributed by atoms with Gasteiger partial charge in [0, 0.05) is 18.2 Å². The standard InChI is InChI=1S/C13H15N5O2/c1-13(6-20-7-13)5-16-12(19)10-2-3-11(15-4-10)18-9-14-8-17-18/h2-4,8-9H,5-7H2,1H3,(H,16,19). The minimum atomic E-state index is -0.129. The molecular formula is C13H15N5O2. The van der Waals surface area contributed by atoms with Gasteiger partial charge in [-0.2, -0.15) is 5.10 Å². The van der Waals surface area contributed by atoms with E-state index in [0.717, 1.165) is 0 Å². The lowest BCUT2D eigenvalue weighted by Gasteiger charge is -2.37. The number of nitrogens with zero attached hydrogens (tertiary/aromatic N) is 4. The van der Waals surface area contributed by atoms with Crippen molar-refractivity contribution in [1.82, 2.24) is 25.1 Å². The van der Waals surface area contributed by atoms with E-state index in [2.05, 4.69) is 27.3 Å². The third-order valence-electron chi connectivity index (χ3n) is 3.24. The molecule has 1 amide bonds. The molecule has 104 valence electrons. The zero-order valence-electron chi connectivity index (χ0n) is 11.1. The molecule has 0 aromatic carbocycles. The average Bonchev–Trinajstić information content (AvgIpc) is 2.97. The topological polar surface area (TPSA) is 81.9 Å². The summed E-state index contributed by atoms with van der Waals surface area (Å²) in [6.45, 7) is 4.08. The summed E-state index contributed by atoms with van der Waals surface area (Å²) < 4.78 is 6.69. The Morgan fingerprint density at radius 3 is 2.90 bits per heavy atom. The van der Waals surface area contributed by atoms with Crippen LogP contribution >= 0.6 is 0 Å². The summed E-state index contributed by atoms with van der Waals surface area (Å²) >= 11 is 0. The average molecular weight is 273 g/mol. The maximum atomic E-state index is 12.0. The highest BCUT2D eigenvalue weighted by molar-refractivity contribution is 5.93. The van der Waals surface area contributed by atoms with Crippen LogP contribution in [0.1, 0.15) is 17.3 Å². The molecule has 0 saturated carbocycles. The van der Waals surface area contributed by atoms with Crippen LogP contribution < -0.4 is 5.32 Å². The zero-order chi connectivity index (χ0) is 14.0. The Morgan fingerprint density at radius 2 is 2.35 bits per heavy atom. The van der Waals surface area contributed by atoms with E-state index in [0.29, 0.717) is 31.1 Å². The number of ether oxygens (including phenoxy) is 1. The van der Waals surface area contributed by atoms with E-state index in [1.54, 1.807) is 18.5 Å². The first-order chi connectivity index (χ1) is 9.66. The molecule has 0 aliphatic carbocycles. The maximum absolute atomic E-state index is 12.0. The van der Waals surface area contributed by atoms with Gasteiger partial charge in [0.15, 0.2) is 5.82 Å². The summed E-state index contributed by atoms with van der Waals surface area (Å²) in [5.41, 5.74) is 0.585. The van der Waals surface area contributed by atoms with Gasteiger partial charge >= 0.3 is 0 Å². The third-order valence-corrected chi connectivity index (χ3v) is 3.24. The highest BCUT2D eigenvalue weighted by atomic mass is 16.5. The molecule has 2 aromatic heterocycles. The Labute approximate surface area is 116 Å². The van der Waals surface area contributed by atoms with Crippen molar-refractivity contribution in [1.29, 1.82) is 0 Å². The van der Waals surface area contributed by atoms with Crippen LogP contribution in [0, 0.1) is 5.41 Å². The van der Waals surface area contributed by atoms with E-state index in [1.807, 2.05) is 0 Å². The Hall–Kier alpha value is -2.28. The SMILES string of the molecule is CC1(CNC(=O)c2ccc(-n3cncn3)nc2)COC1. The molecule has 1 aliphatic heterocycles. The number of rotatable bonds is 4. The predicted molar refractivity (Wildman–Crippen MR) is 70.4 cm³/mol. The molecule has 7 heteroatoms. The molecule has 3 rings (SSSR count). The highest BCUT2D eigenvalue weighted by Gasteiger charge is 2.33. The summed E-state index contributed by atoms with van der Waals surface area (Å²) in [5, 5.41) is 6.88. The Balaban J connectivity index is 1.63. The van der Waals surface area contributed by atoms with Gasteiger partial charge in [-0.25, -0.2) is 14.6 Å². The molecular weight excluding hydrogens is 258 g/mol. The lowest BCUT2D eigenvalue weighted by molar-refractivity contribution is -0.0978. The second-order valence-electron chi connectivity index (χ2n) is 5.23. The molecule has 0 bridgehead atoms. The van der Waals surface area contributed by atoms with Gasteiger partial charge in [-0.05, 0) is 12.1 Å². The summed E-state index contributed by atoms with van der Waals surface area (Å²) in [6.07, 6.45) is 4.52. The van der Waals surface area contributed by atoms with Crippen molar-refractivity contribution in [3.63, 3.8) is 0 Å². The number of nitrogens with one attached hydrogen (secondary N) is 1. The number of hydrogen-bond acceptors (Lipinski definition) is 5. The predicted octanol–water partition coefficient (Wildman–Crippen LogP) is 0.429. The van der Waals surface area contributed by atoms with Crippen molar-refractivity contribution >= 4 is 5.91 Å². The fourth-order valence-electron chi connectivity index (χ4n) is 1.93. The molecule has 2 aromatic rings. The van der Waals surface area contributed by atoms with Crippen LogP contribution in [0.25, 0.3) is 5.82 Å². The smallest absolute Gasteiger partial charge is 0.252 e. The fraction of sp³-hybridized carbons (Fsp3) is 0.385. The molecule has 20 heavy (non-hydrogen) atoms. The number of pyridine rings is 1. The van der Waals surface area contributed by atoms with Gasteiger partial charge in [0.05, 0.1) is 18.8 Å². The molecule has 0 radical (unpaired) electrons. The quantitative estimate of drug-likeness (QED) is 0.873. The van der Waals surface area contributed by atoms with Gasteiger partial charge in [-0.1, -0.05) is 6.92 Å². The Morgan fingerprint density at radius 1 is 1.50 bits per heavy atom. The van der Waals surface area contributed by atoms with Gasteiger partial charge in [-0.15, -0.1) is 0 Å². The lowest BCUT2D eigenvalue weighted by atomic mass is 9.89. The molecule has 0 unspecified atom stereocenters. The van der Waals surface area contributed by atoms with Crippen molar-refractivity contribution in [2.75, 3.05) is 19.8 Å². The molecule has 0 atom stereocenters. The van der Waals surface area contributed by atoms with Crippen molar-refractivity contribution in [3.05, 3.63) is 36.5 Å². The maximum Gasteiger partial charge on any atom is 0.252 e. The first-order valence-corrected chi connectivity index (χ1v) is 6.33. The van der Waals surface area contributed by atoms with Gasteiger partial charge in [0.2, 0.25) is 0 Å². The van der Waals surface area contributed by atoms with Crippen LogP contribution in [-0.4, -0.2) is 45.4 Å². The third kappa shape index (κ3) is 2.53. The molecule has 1 N–H and O–H groups in total. The number of carbonyl (C=O) groups is 1. The number of hydrogen-bond donors (Lipinski definition) is 1. The normalized spacial score (nSPS) is 16.4. The van der Waals surface area contributed by atoms with Crippen molar-refractivity contribution < 1.29 is 9.53 Å². The molecule has 1 fully saturated rings. The van der Waals surface area contributed by atoms with Gasteiger partial charge in [0.25, 0.3) is 5.91 Å². The van der Waals surface area contributed by atoms with Gasteiger partial charge in [0.1, 0.15) is 12.7 Å². The van der Waals surface area contributed by atoms with E-state index in [-0.39, 0.29) is 11.3 Å². The highest BCUT2D eigenvalue weighted by Crippen LogP contribution is 2.25. The Bertz CT molecular complexity index is 590. The van der Waals surface area contributed by atoms with Gasteiger partial charge < -0.3 is 10.1 Å². The number of amides is 1. The summed E-state index contributed by atoms with van der Waals surface area (Å²) in [4.78, 5) is 20.0. The summed E-state index contributed by atoms with van der Waals surface area (Å²) in [5.74, 6) is 0.495. The van der Waals surface area contributed by atoms with Crippen molar-refractivity contribution in [3.8, 4) is 5.82 Å². The second-order valence-corrected chi connectivity index (χ2v) is 5.23. The van der Waals surface area contributed by atoms with E-state index in [9.17, 15) is 4.79 Å². The lowest BCUT2D eigenvalue weighted by Crippen LogP contribution is -2.48. The minimum Gasteiger partial charge on any atom is -0.380 e. The fourth-order valence-corrected chi connectivity index (χ4v) is 1.93. The van der Waals surface area contributed by atoms with Crippen LogP contribution in [0.2, 0.25) is 0 Å². The first-order valence-electron chi connectivity index (χ1n) is 6.33.